The molecule has 2 aromatic rings. The van der Waals surface area contributed by atoms with Gasteiger partial charge < -0.3 is 9.64 Å². The van der Waals surface area contributed by atoms with Gasteiger partial charge in [0, 0.05) is 31.0 Å². The molecule has 1 N–H and O–H groups in total. The molecule has 1 amide bonds. The van der Waals surface area contributed by atoms with Crippen molar-refractivity contribution in [2.45, 2.75) is 75.5 Å². The van der Waals surface area contributed by atoms with E-state index in [9.17, 15) is 39.6 Å². The van der Waals surface area contributed by atoms with Crippen LogP contribution in [0.2, 0.25) is 0 Å². The summed E-state index contributed by atoms with van der Waals surface area (Å²) in [4.78, 5) is 15.2. The van der Waals surface area contributed by atoms with Crippen LogP contribution in [0.3, 0.4) is 0 Å². The topological polar surface area (TPSA) is 75.7 Å². The average molecular weight is 621 g/mol. The number of hydrogen-bond acceptors (Lipinski definition) is 4. The second kappa shape index (κ2) is 12.5. The van der Waals surface area contributed by atoms with Crippen molar-refractivity contribution in [1.82, 2.24) is 9.62 Å². The number of ether oxygens (including phenoxy) is 1. The fourth-order valence-electron chi connectivity index (χ4n) is 5.89. The molecular weight excluding hydrogens is 586 g/mol. The van der Waals surface area contributed by atoms with Crippen LogP contribution in [0.4, 0.5) is 26.3 Å². The molecule has 0 bridgehead atoms. The Balaban J connectivity index is 1.51. The Hall–Kier alpha value is -2.64. The number of hydrogen-bond donors (Lipinski definition) is 1. The Morgan fingerprint density at radius 1 is 0.929 bits per heavy atom. The van der Waals surface area contributed by atoms with Gasteiger partial charge in [0.1, 0.15) is 0 Å². The summed E-state index contributed by atoms with van der Waals surface area (Å²) >= 11 is 0. The van der Waals surface area contributed by atoms with E-state index in [1.807, 2.05) is 30.3 Å². The number of rotatable bonds is 7. The summed E-state index contributed by atoms with van der Waals surface area (Å²) in [6.07, 6.45) is -7.98. The fourth-order valence-corrected chi connectivity index (χ4v) is 6.73. The molecule has 4 rings (SSSR count). The van der Waals surface area contributed by atoms with E-state index >= 15 is 0 Å². The van der Waals surface area contributed by atoms with Crippen LogP contribution in [0, 0.1) is 5.92 Å². The molecule has 0 unspecified atom stereocenters. The van der Waals surface area contributed by atoms with Crippen molar-refractivity contribution >= 4 is 15.9 Å². The van der Waals surface area contributed by atoms with Gasteiger partial charge in [0.25, 0.3) is 0 Å². The van der Waals surface area contributed by atoms with Gasteiger partial charge in [-0.05, 0) is 68.4 Å². The van der Waals surface area contributed by atoms with Gasteiger partial charge >= 0.3 is 12.4 Å². The van der Waals surface area contributed by atoms with E-state index in [0.29, 0.717) is 50.8 Å². The zero-order valence-corrected chi connectivity index (χ0v) is 24.0. The summed E-state index contributed by atoms with van der Waals surface area (Å²) in [7, 11) is -3.35. The Morgan fingerprint density at radius 3 is 2.02 bits per heavy atom. The molecule has 1 saturated carbocycles. The molecule has 1 saturated heterocycles. The van der Waals surface area contributed by atoms with Gasteiger partial charge in [-0.2, -0.15) is 26.3 Å². The highest BCUT2D eigenvalue weighted by Crippen LogP contribution is 2.40. The minimum absolute atomic E-state index is 0.0482. The SMILES string of the molecule is C[C@@H](O[C@H]1CCN(C(=O)C2CCC(NS(C)(=O)=O)CC2)C[C@H]1c1ccccc1)c1cc(C(F)(F)F)cc(C(F)(F)F)c1. The van der Waals surface area contributed by atoms with Crippen LogP contribution in [0.15, 0.2) is 48.5 Å². The highest BCUT2D eigenvalue weighted by molar-refractivity contribution is 7.88. The predicted molar refractivity (Wildman–Crippen MR) is 144 cm³/mol. The van der Waals surface area contributed by atoms with Crippen molar-refractivity contribution < 1.29 is 44.3 Å². The molecule has 6 nitrogen and oxygen atoms in total. The maximum Gasteiger partial charge on any atom is 0.416 e. The van der Waals surface area contributed by atoms with Crippen molar-refractivity contribution in [2.75, 3.05) is 19.3 Å². The number of nitrogens with zero attached hydrogens (tertiary/aromatic N) is 1. The van der Waals surface area contributed by atoms with E-state index < -0.39 is 45.7 Å². The molecule has 2 aromatic carbocycles. The molecule has 13 heteroatoms. The molecule has 2 aliphatic rings. The third-order valence-electron chi connectivity index (χ3n) is 8.00. The van der Waals surface area contributed by atoms with Crippen molar-refractivity contribution in [3.8, 4) is 0 Å². The normalized spacial score (nSPS) is 24.8. The first-order valence-electron chi connectivity index (χ1n) is 13.8. The monoisotopic (exact) mass is 620 g/mol. The lowest BCUT2D eigenvalue weighted by atomic mass is 9.83. The third-order valence-corrected chi connectivity index (χ3v) is 8.77. The van der Waals surface area contributed by atoms with E-state index in [2.05, 4.69) is 4.72 Å². The highest BCUT2D eigenvalue weighted by Gasteiger charge is 2.40. The van der Waals surface area contributed by atoms with E-state index in [-0.39, 0.29) is 42.0 Å². The minimum Gasteiger partial charge on any atom is -0.370 e. The second-order valence-corrected chi connectivity index (χ2v) is 13.0. The molecule has 0 spiro atoms. The number of piperidine rings is 1. The van der Waals surface area contributed by atoms with Crippen LogP contribution >= 0.6 is 0 Å². The number of amides is 1. The Bertz CT molecular complexity index is 1310. The summed E-state index contributed by atoms with van der Waals surface area (Å²) in [5.74, 6) is -0.670. The molecule has 42 heavy (non-hydrogen) atoms. The lowest BCUT2D eigenvalue weighted by Gasteiger charge is -2.41. The van der Waals surface area contributed by atoms with Crippen molar-refractivity contribution in [3.05, 3.63) is 70.8 Å². The fraction of sp³-hybridized carbons (Fsp3) is 0.552. The first kappa shape index (κ1) is 32.3. The van der Waals surface area contributed by atoms with Gasteiger partial charge in [0.05, 0.1) is 29.6 Å². The number of halogens is 6. The number of nitrogens with one attached hydrogen (secondary N) is 1. The largest absolute Gasteiger partial charge is 0.416 e. The van der Waals surface area contributed by atoms with E-state index in [4.69, 9.17) is 4.74 Å². The molecule has 0 radical (unpaired) electrons. The Kier molecular flexibility index (Phi) is 9.63. The van der Waals surface area contributed by atoms with Gasteiger partial charge in [-0.25, -0.2) is 13.1 Å². The van der Waals surface area contributed by atoms with Gasteiger partial charge in [-0.15, -0.1) is 0 Å². The molecule has 1 heterocycles. The van der Waals surface area contributed by atoms with Crippen LogP contribution in [-0.2, 0) is 31.9 Å². The summed E-state index contributed by atoms with van der Waals surface area (Å²) < 4.78 is 112. The third kappa shape index (κ3) is 8.25. The first-order chi connectivity index (χ1) is 19.5. The number of likely N-dealkylation sites (tertiary alicyclic amines) is 1. The maximum absolute atomic E-state index is 13.5. The van der Waals surface area contributed by atoms with Crippen molar-refractivity contribution in [1.29, 1.82) is 0 Å². The Morgan fingerprint density at radius 2 is 1.50 bits per heavy atom. The standard InChI is InChI=1S/C29H34F6N2O4S/c1-18(21-14-22(28(30,31)32)16-23(15-21)29(33,34)35)41-26-12-13-37(17-25(26)19-6-4-3-5-7-19)27(38)20-8-10-24(11-9-20)36-42(2,39)40/h3-7,14-16,18,20,24-26,36H,8-13,17H2,1-2H3/t18-,20?,24?,25+,26+/m1/s1. The lowest BCUT2D eigenvalue weighted by Crippen LogP contribution is -2.49. The summed E-state index contributed by atoms with van der Waals surface area (Å²) in [6, 6.07) is 10.4. The summed E-state index contributed by atoms with van der Waals surface area (Å²) in [6.45, 7) is 2.02. The molecule has 1 aliphatic heterocycles. The molecule has 2 fully saturated rings. The number of sulfonamides is 1. The molecule has 232 valence electrons. The highest BCUT2D eigenvalue weighted by atomic mass is 32.2. The maximum atomic E-state index is 13.5. The van der Waals surface area contributed by atoms with E-state index in [1.54, 1.807) is 4.90 Å². The smallest absolute Gasteiger partial charge is 0.370 e. The second-order valence-electron chi connectivity index (χ2n) is 11.2. The van der Waals surface area contributed by atoms with Crippen molar-refractivity contribution in [2.24, 2.45) is 5.92 Å². The van der Waals surface area contributed by atoms with Crippen molar-refractivity contribution in [3.63, 3.8) is 0 Å². The minimum atomic E-state index is -4.96. The molecule has 1 aliphatic carbocycles. The van der Waals surface area contributed by atoms with Gasteiger partial charge in [0.15, 0.2) is 0 Å². The quantitative estimate of drug-likeness (QED) is 0.369. The summed E-state index contributed by atoms with van der Waals surface area (Å²) in [5, 5.41) is 0. The van der Waals surface area contributed by atoms with Crippen LogP contribution in [0.1, 0.15) is 73.3 Å². The van der Waals surface area contributed by atoms with Crippen LogP contribution < -0.4 is 4.72 Å². The molecule has 3 atom stereocenters. The van der Waals surface area contributed by atoms with Gasteiger partial charge in [-0.1, -0.05) is 30.3 Å². The van der Waals surface area contributed by atoms with Gasteiger partial charge in [0.2, 0.25) is 15.9 Å². The first-order valence-corrected chi connectivity index (χ1v) is 15.7. The summed E-state index contributed by atoms with van der Waals surface area (Å²) in [5.41, 5.74) is -2.19. The number of alkyl halides is 6. The number of carbonyl (C=O) groups is 1. The lowest BCUT2D eigenvalue weighted by molar-refractivity contribution is -0.143. The molecule has 0 aromatic heterocycles. The number of carbonyl (C=O) groups excluding carboxylic acids is 1. The van der Waals surface area contributed by atoms with Gasteiger partial charge in [-0.3, -0.25) is 4.79 Å². The van der Waals surface area contributed by atoms with E-state index in [1.165, 1.54) is 6.92 Å². The van der Waals surface area contributed by atoms with Crippen LogP contribution in [-0.4, -0.2) is 50.7 Å². The van der Waals surface area contributed by atoms with Crippen LogP contribution in [0.25, 0.3) is 0 Å². The predicted octanol–water partition coefficient (Wildman–Crippen LogP) is 6.29. The zero-order valence-electron chi connectivity index (χ0n) is 23.2. The Labute approximate surface area is 241 Å². The number of benzene rings is 2. The molecular formula is C29H34F6N2O4S. The van der Waals surface area contributed by atoms with E-state index in [0.717, 1.165) is 11.8 Å². The van der Waals surface area contributed by atoms with Crippen LogP contribution in [0.5, 0.6) is 0 Å². The average Bonchev–Trinajstić information content (AvgIpc) is 2.91. The zero-order chi connectivity index (χ0) is 30.9.